The van der Waals surface area contributed by atoms with E-state index in [1.807, 2.05) is 48.5 Å². The van der Waals surface area contributed by atoms with Crippen molar-refractivity contribution in [2.45, 2.75) is 19.4 Å². The number of carbonyl (C=O) groups is 1. The molecular weight excluding hydrogens is 448 g/mol. The summed E-state index contributed by atoms with van der Waals surface area (Å²) < 4.78 is 11.6. The Labute approximate surface area is 183 Å². The Balaban J connectivity index is 1.36. The third-order valence-electron chi connectivity index (χ3n) is 5.12. The van der Waals surface area contributed by atoms with E-state index >= 15 is 0 Å². The lowest BCUT2D eigenvalue weighted by Crippen LogP contribution is -2.40. The minimum absolute atomic E-state index is 0.0216. The van der Waals surface area contributed by atoms with Crippen molar-refractivity contribution in [3.63, 3.8) is 0 Å². The fourth-order valence-electron chi connectivity index (χ4n) is 3.61. The lowest BCUT2D eigenvalue weighted by molar-refractivity contribution is -0.121. The molecule has 156 valence electrons. The molecule has 1 aliphatic heterocycles. The standard InChI is InChI=1S/C22H23BrN4O3/c1-29-19-9-3-8-18(12-19)24-22(28)16-6-4-10-27(13-16)14-20-25-21(26-30-20)15-5-2-7-17(23)11-15/h2-3,5,7-9,11-12,16H,4,6,10,13-14H2,1H3,(H,24,28). The first-order valence-corrected chi connectivity index (χ1v) is 10.7. The molecule has 2 aromatic carbocycles. The van der Waals surface area contributed by atoms with Gasteiger partial charge in [0.2, 0.25) is 17.6 Å². The molecule has 0 saturated carbocycles. The average Bonchev–Trinajstić information content (AvgIpc) is 3.22. The van der Waals surface area contributed by atoms with E-state index in [0.717, 1.165) is 40.9 Å². The van der Waals surface area contributed by atoms with Gasteiger partial charge in [-0.3, -0.25) is 9.69 Å². The van der Waals surface area contributed by atoms with Gasteiger partial charge in [0.05, 0.1) is 19.6 Å². The van der Waals surface area contributed by atoms with Crippen LogP contribution in [0.2, 0.25) is 0 Å². The van der Waals surface area contributed by atoms with Crippen LogP contribution in [-0.2, 0) is 11.3 Å². The van der Waals surface area contributed by atoms with Crippen LogP contribution in [-0.4, -0.2) is 41.1 Å². The van der Waals surface area contributed by atoms with Gasteiger partial charge in [0, 0.05) is 28.3 Å². The first-order chi connectivity index (χ1) is 14.6. The number of carbonyl (C=O) groups excluding carboxylic acids is 1. The van der Waals surface area contributed by atoms with Crippen LogP contribution in [0.15, 0.2) is 57.5 Å². The van der Waals surface area contributed by atoms with Crippen LogP contribution in [0.5, 0.6) is 5.75 Å². The Kier molecular flexibility index (Phi) is 6.44. The molecular formula is C22H23BrN4O3. The van der Waals surface area contributed by atoms with Gasteiger partial charge >= 0.3 is 0 Å². The van der Waals surface area contributed by atoms with Crippen LogP contribution in [0.25, 0.3) is 11.4 Å². The molecule has 1 atom stereocenters. The number of likely N-dealkylation sites (tertiary alicyclic amines) is 1. The maximum Gasteiger partial charge on any atom is 0.241 e. The van der Waals surface area contributed by atoms with E-state index in [1.165, 1.54) is 0 Å². The zero-order chi connectivity index (χ0) is 20.9. The molecule has 0 radical (unpaired) electrons. The zero-order valence-electron chi connectivity index (χ0n) is 16.7. The van der Waals surface area contributed by atoms with Crippen molar-refractivity contribution in [3.8, 4) is 17.1 Å². The number of methoxy groups -OCH3 is 1. The number of nitrogens with zero attached hydrogens (tertiary/aromatic N) is 3. The van der Waals surface area contributed by atoms with E-state index in [-0.39, 0.29) is 11.8 Å². The zero-order valence-corrected chi connectivity index (χ0v) is 18.3. The highest BCUT2D eigenvalue weighted by Crippen LogP contribution is 2.24. The number of hydrogen-bond acceptors (Lipinski definition) is 6. The van der Waals surface area contributed by atoms with Crippen LogP contribution in [0.1, 0.15) is 18.7 Å². The van der Waals surface area contributed by atoms with Crippen molar-refractivity contribution in [2.24, 2.45) is 5.92 Å². The molecule has 1 aromatic heterocycles. The molecule has 8 heteroatoms. The molecule has 30 heavy (non-hydrogen) atoms. The van der Waals surface area contributed by atoms with E-state index in [1.54, 1.807) is 7.11 Å². The SMILES string of the molecule is COc1cccc(NC(=O)C2CCCN(Cc3nc(-c4cccc(Br)c4)no3)C2)c1. The van der Waals surface area contributed by atoms with Crippen molar-refractivity contribution in [1.82, 2.24) is 15.0 Å². The van der Waals surface area contributed by atoms with Crippen molar-refractivity contribution in [2.75, 3.05) is 25.5 Å². The Morgan fingerprint density at radius 1 is 1.30 bits per heavy atom. The number of benzene rings is 2. The highest BCUT2D eigenvalue weighted by atomic mass is 79.9. The van der Waals surface area contributed by atoms with Crippen molar-refractivity contribution in [1.29, 1.82) is 0 Å². The van der Waals surface area contributed by atoms with Gasteiger partial charge in [-0.2, -0.15) is 4.98 Å². The number of aromatic nitrogens is 2. The lowest BCUT2D eigenvalue weighted by Gasteiger charge is -2.30. The molecule has 0 bridgehead atoms. The van der Waals surface area contributed by atoms with E-state index in [0.29, 0.717) is 24.8 Å². The van der Waals surface area contributed by atoms with Gasteiger partial charge < -0.3 is 14.6 Å². The number of anilines is 1. The van der Waals surface area contributed by atoms with Crippen LogP contribution in [0.3, 0.4) is 0 Å². The topological polar surface area (TPSA) is 80.5 Å². The fourth-order valence-corrected chi connectivity index (χ4v) is 4.01. The van der Waals surface area contributed by atoms with Crippen molar-refractivity contribution >= 4 is 27.5 Å². The molecule has 1 unspecified atom stereocenters. The van der Waals surface area contributed by atoms with E-state index in [4.69, 9.17) is 9.26 Å². The molecule has 0 aliphatic carbocycles. The number of rotatable bonds is 6. The molecule has 1 amide bonds. The van der Waals surface area contributed by atoms with Crippen LogP contribution in [0.4, 0.5) is 5.69 Å². The molecule has 4 rings (SSSR count). The van der Waals surface area contributed by atoms with Crippen molar-refractivity contribution < 1.29 is 14.1 Å². The Hall–Kier alpha value is -2.71. The first kappa shape index (κ1) is 20.6. The van der Waals surface area contributed by atoms with E-state index in [2.05, 4.69) is 36.3 Å². The smallest absolute Gasteiger partial charge is 0.241 e. The second-order valence-corrected chi connectivity index (χ2v) is 8.23. The Bertz CT molecular complexity index is 1020. The normalized spacial score (nSPS) is 16.9. The molecule has 1 saturated heterocycles. The Morgan fingerprint density at radius 3 is 3.00 bits per heavy atom. The summed E-state index contributed by atoms with van der Waals surface area (Å²) in [5.41, 5.74) is 1.64. The molecule has 2 heterocycles. The van der Waals surface area contributed by atoms with Gasteiger partial charge in [-0.25, -0.2) is 0 Å². The number of halogens is 1. The number of nitrogens with one attached hydrogen (secondary N) is 1. The third kappa shape index (κ3) is 5.06. The van der Waals surface area contributed by atoms with E-state index < -0.39 is 0 Å². The summed E-state index contributed by atoms with van der Waals surface area (Å²) in [6, 6.07) is 15.2. The van der Waals surface area contributed by atoms with Crippen LogP contribution < -0.4 is 10.1 Å². The Morgan fingerprint density at radius 2 is 2.17 bits per heavy atom. The number of amides is 1. The summed E-state index contributed by atoms with van der Waals surface area (Å²) in [6.07, 6.45) is 1.81. The number of hydrogen-bond donors (Lipinski definition) is 1. The maximum atomic E-state index is 12.8. The average molecular weight is 471 g/mol. The summed E-state index contributed by atoms with van der Waals surface area (Å²) in [4.78, 5) is 19.5. The van der Waals surface area contributed by atoms with Gasteiger partial charge in [-0.1, -0.05) is 39.3 Å². The highest BCUT2D eigenvalue weighted by molar-refractivity contribution is 9.10. The summed E-state index contributed by atoms with van der Waals surface area (Å²) >= 11 is 3.46. The number of piperidine rings is 1. The van der Waals surface area contributed by atoms with Gasteiger partial charge in [-0.15, -0.1) is 0 Å². The number of ether oxygens (including phenoxy) is 1. The second-order valence-electron chi connectivity index (χ2n) is 7.32. The van der Waals surface area contributed by atoms with Gasteiger partial charge in [0.25, 0.3) is 0 Å². The fraction of sp³-hybridized carbons (Fsp3) is 0.318. The molecule has 7 nitrogen and oxygen atoms in total. The molecule has 1 fully saturated rings. The van der Waals surface area contributed by atoms with Gasteiger partial charge in [0.1, 0.15) is 5.75 Å². The second kappa shape index (κ2) is 9.40. The minimum atomic E-state index is -0.0857. The summed E-state index contributed by atoms with van der Waals surface area (Å²) in [6.45, 7) is 2.09. The van der Waals surface area contributed by atoms with Crippen molar-refractivity contribution in [3.05, 3.63) is 58.9 Å². The predicted molar refractivity (Wildman–Crippen MR) is 117 cm³/mol. The lowest BCUT2D eigenvalue weighted by atomic mass is 9.97. The molecule has 1 aliphatic rings. The first-order valence-electron chi connectivity index (χ1n) is 9.86. The quantitative estimate of drug-likeness (QED) is 0.576. The van der Waals surface area contributed by atoms with Crippen LogP contribution >= 0.6 is 15.9 Å². The molecule has 1 N–H and O–H groups in total. The summed E-state index contributed by atoms with van der Waals surface area (Å²) in [5.74, 6) is 1.77. The van der Waals surface area contributed by atoms with Gasteiger partial charge in [-0.05, 0) is 43.7 Å². The summed E-state index contributed by atoms with van der Waals surface area (Å²) in [5, 5.41) is 7.09. The monoisotopic (exact) mass is 470 g/mol. The van der Waals surface area contributed by atoms with Crippen LogP contribution in [0, 0.1) is 5.92 Å². The molecule has 3 aromatic rings. The predicted octanol–water partition coefficient (Wildman–Crippen LogP) is 4.36. The summed E-state index contributed by atoms with van der Waals surface area (Å²) in [7, 11) is 1.61. The highest BCUT2D eigenvalue weighted by Gasteiger charge is 2.27. The maximum absolute atomic E-state index is 12.8. The largest absolute Gasteiger partial charge is 0.497 e. The van der Waals surface area contributed by atoms with E-state index in [9.17, 15) is 4.79 Å². The molecule has 0 spiro atoms. The third-order valence-corrected chi connectivity index (χ3v) is 5.62. The minimum Gasteiger partial charge on any atom is -0.497 e. The van der Waals surface area contributed by atoms with Gasteiger partial charge in [0.15, 0.2) is 0 Å².